The molecule has 0 saturated carbocycles. The van der Waals surface area contributed by atoms with E-state index < -0.39 is 0 Å². The van der Waals surface area contributed by atoms with Crippen LogP contribution < -0.4 is 10.2 Å². The largest absolute Gasteiger partial charge is 0.352 e. The number of hydrogen-bond acceptors (Lipinski definition) is 4. The van der Waals surface area contributed by atoms with E-state index in [-0.39, 0.29) is 18.4 Å². The van der Waals surface area contributed by atoms with Crippen LogP contribution in [0.1, 0.15) is 35.2 Å². The summed E-state index contributed by atoms with van der Waals surface area (Å²) >= 11 is 0. The minimum absolute atomic E-state index is 0.0211. The van der Waals surface area contributed by atoms with Gasteiger partial charge >= 0.3 is 0 Å². The second-order valence-electron chi connectivity index (χ2n) is 8.29. The first-order valence-electron chi connectivity index (χ1n) is 11.2. The number of carbonyl (C=O) groups excluding carboxylic acids is 2. The first kappa shape index (κ1) is 21.9. The van der Waals surface area contributed by atoms with Crippen LogP contribution in [-0.2, 0) is 18.4 Å². The molecule has 170 valence electrons. The summed E-state index contributed by atoms with van der Waals surface area (Å²) < 4.78 is 1.70. The Hall–Kier alpha value is -3.36. The van der Waals surface area contributed by atoms with Crippen molar-refractivity contribution >= 4 is 23.5 Å². The van der Waals surface area contributed by atoms with Crippen LogP contribution in [0.5, 0.6) is 0 Å². The molecule has 9 nitrogen and oxygen atoms in total. The molecule has 0 atom stereocenters. The lowest BCUT2D eigenvalue weighted by atomic mass is 10.1. The lowest BCUT2D eigenvalue weighted by Crippen LogP contribution is -2.55. The predicted molar refractivity (Wildman–Crippen MR) is 124 cm³/mol. The molecular formula is C23H31N7O2. The van der Waals surface area contributed by atoms with E-state index in [9.17, 15) is 9.59 Å². The molecule has 3 heterocycles. The second kappa shape index (κ2) is 9.84. The van der Waals surface area contributed by atoms with Crippen molar-refractivity contribution < 1.29 is 9.59 Å². The molecule has 1 N–H and O–H groups in total. The first-order chi connectivity index (χ1) is 15.5. The zero-order valence-electron chi connectivity index (χ0n) is 18.8. The van der Waals surface area contributed by atoms with Crippen molar-refractivity contribution in [2.45, 2.75) is 25.8 Å². The molecule has 2 aliphatic heterocycles. The topological polar surface area (TPSA) is 86.1 Å². The van der Waals surface area contributed by atoms with Gasteiger partial charge in [0.15, 0.2) is 5.96 Å². The summed E-state index contributed by atoms with van der Waals surface area (Å²) in [6.07, 6.45) is 6.94. The van der Waals surface area contributed by atoms with E-state index in [1.54, 1.807) is 22.8 Å². The Morgan fingerprint density at radius 1 is 1.06 bits per heavy atom. The zero-order valence-corrected chi connectivity index (χ0v) is 18.8. The second-order valence-corrected chi connectivity index (χ2v) is 8.29. The van der Waals surface area contributed by atoms with E-state index in [1.165, 1.54) is 6.42 Å². The van der Waals surface area contributed by atoms with Crippen LogP contribution in [0, 0.1) is 0 Å². The third-order valence-electron chi connectivity index (χ3n) is 6.03. The molecule has 0 unspecified atom stereocenters. The third kappa shape index (κ3) is 4.92. The number of aromatic nitrogens is 2. The smallest absolute Gasteiger partial charge is 0.253 e. The van der Waals surface area contributed by atoms with Crippen molar-refractivity contribution in [2.75, 3.05) is 44.7 Å². The minimum atomic E-state index is 0.0211. The molecule has 1 aromatic carbocycles. The molecule has 0 spiro atoms. The fraction of sp³-hybridized carbons (Fsp3) is 0.478. The van der Waals surface area contributed by atoms with Gasteiger partial charge in [0.05, 0.1) is 11.9 Å². The number of hydrogen-bond donors (Lipinski definition) is 1. The molecule has 2 aliphatic rings. The number of piperazine rings is 1. The molecule has 0 bridgehead atoms. The summed E-state index contributed by atoms with van der Waals surface area (Å²) in [6, 6.07) is 7.74. The van der Waals surface area contributed by atoms with Crippen LogP contribution >= 0.6 is 0 Å². The molecule has 0 radical (unpaired) electrons. The normalized spacial score (nSPS) is 17.6. The monoisotopic (exact) mass is 437 g/mol. The Morgan fingerprint density at radius 2 is 1.81 bits per heavy atom. The van der Waals surface area contributed by atoms with Crippen LogP contribution in [0.2, 0.25) is 0 Å². The van der Waals surface area contributed by atoms with Crippen LogP contribution in [0.15, 0.2) is 41.7 Å². The molecule has 1 aromatic heterocycles. The van der Waals surface area contributed by atoms with Gasteiger partial charge in [-0.2, -0.15) is 5.10 Å². The molecule has 32 heavy (non-hydrogen) atoms. The highest BCUT2D eigenvalue weighted by molar-refractivity contribution is 5.98. The van der Waals surface area contributed by atoms with E-state index in [0.29, 0.717) is 25.6 Å². The fourth-order valence-corrected chi connectivity index (χ4v) is 4.23. The van der Waals surface area contributed by atoms with Crippen LogP contribution in [0.3, 0.4) is 0 Å². The average molecular weight is 438 g/mol. The van der Waals surface area contributed by atoms with Crippen molar-refractivity contribution in [1.82, 2.24) is 24.9 Å². The Morgan fingerprint density at radius 3 is 2.44 bits per heavy atom. The number of piperidine rings is 1. The molecule has 2 fully saturated rings. The summed E-state index contributed by atoms with van der Waals surface area (Å²) in [6.45, 7) is 3.80. The van der Waals surface area contributed by atoms with Crippen molar-refractivity contribution in [3.63, 3.8) is 0 Å². The highest BCUT2D eigenvalue weighted by Gasteiger charge is 2.27. The number of guanidine groups is 1. The summed E-state index contributed by atoms with van der Waals surface area (Å²) in [7, 11) is 3.56. The Labute approximate surface area is 188 Å². The number of benzene rings is 1. The SMILES string of the molecule is CN=C(NCc1ccc(C(=O)N2CCCCC2)cc1)N1CCN(c2cnn(C)c2)C(=O)C1. The highest BCUT2D eigenvalue weighted by Crippen LogP contribution is 2.17. The predicted octanol–water partition coefficient (Wildman–Crippen LogP) is 1.47. The maximum absolute atomic E-state index is 12.7. The minimum Gasteiger partial charge on any atom is -0.352 e. The number of aryl methyl sites for hydroxylation is 1. The summed E-state index contributed by atoms with van der Waals surface area (Å²) in [5.41, 5.74) is 2.61. The van der Waals surface area contributed by atoms with E-state index in [4.69, 9.17) is 0 Å². The summed E-state index contributed by atoms with van der Waals surface area (Å²) in [4.78, 5) is 35.3. The quantitative estimate of drug-likeness (QED) is 0.578. The standard InChI is InChI=1S/C23H31N7O2/c1-24-23(29-12-13-30(21(31)17-29)20-15-26-27(2)16-20)25-14-18-6-8-19(9-7-18)22(32)28-10-4-3-5-11-28/h6-9,15-16H,3-5,10-14,17H2,1-2H3,(H,24,25). The van der Waals surface area contributed by atoms with Gasteiger partial charge in [0.1, 0.15) is 6.54 Å². The van der Waals surface area contributed by atoms with Crippen LogP contribution in [-0.4, -0.2) is 77.1 Å². The number of likely N-dealkylation sites (tertiary alicyclic amines) is 1. The van der Waals surface area contributed by atoms with E-state index >= 15 is 0 Å². The summed E-state index contributed by atoms with van der Waals surface area (Å²) in [5, 5.41) is 7.49. The fourth-order valence-electron chi connectivity index (χ4n) is 4.23. The van der Waals surface area contributed by atoms with Crippen molar-refractivity contribution in [1.29, 1.82) is 0 Å². The lowest BCUT2D eigenvalue weighted by molar-refractivity contribution is -0.120. The van der Waals surface area contributed by atoms with Gasteiger partial charge in [0.25, 0.3) is 5.91 Å². The van der Waals surface area contributed by atoms with E-state index in [1.807, 2.05) is 47.3 Å². The van der Waals surface area contributed by atoms with Gasteiger partial charge in [-0.3, -0.25) is 19.3 Å². The van der Waals surface area contributed by atoms with E-state index in [0.717, 1.165) is 42.7 Å². The van der Waals surface area contributed by atoms with Gasteiger partial charge in [0, 0.05) is 58.6 Å². The van der Waals surface area contributed by atoms with Gasteiger partial charge in [-0.1, -0.05) is 12.1 Å². The lowest BCUT2D eigenvalue weighted by Gasteiger charge is -2.35. The number of anilines is 1. The van der Waals surface area contributed by atoms with Gasteiger partial charge < -0.3 is 20.0 Å². The molecule has 0 aliphatic carbocycles. The summed E-state index contributed by atoms with van der Waals surface area (Å²) in [5.74, 6) is 0.829. The highest BCUT2D eigenvalue weighted by atomic mass is 16.2. The Kier molecular flexibility index (Phi) is 6.72. The van der Waals surface area contributed by atoms with Gasteiger partial charge in [-0.15, -0.1) is 0 Å². The number of aliphatic imine (C=N–C) groups is 1. The van der Waals surface area contributed by atoms with Crippen molar-refractivity contribution in [3.05, 3.63) is 47.8 Å². The van der Waals surface area contributed by atoms with Gasteiger partial charge in [-0.25, -0.2) is 0 Å². The van der Waals surface area contributed by atoms with Crippen LogP contribution in [0.25, 0.3) is 0 Å². The maximum Gasteiger partial charge on any atom is 0.253 e. The molecular weight excluding hydrogens is 406 g/mol. The number of nitrogens with one attached hydrogen (secondary N) is 1. The van der Waals surface area contributed by atoms with Gasteiger partial charge in [0.2, 0.25) is 5.91 Å². The Bertz CT molecular complexity index is 976. The molecule has 2 aromatic rings. The molecule has 9 heteroatoms. The molecule has 2 saturated heterocycles. The number of rotatable bonds is 4. The number of carbonyl (C=O) groups is 2. The number of nitrogens with zero attached hydrogens (tertiary/aromatic N) is 6. The molecule has 4 rings (SSSR count). The van der Waals surface area contributed by atoms with Gasteiger partial charge in [-0.05, 0) is 37.0 Å². The van der Waals surface area contributed by atoms with Crippen molar-refractivity contribution in [3.8, 4) is 0 Å². The Balaban J connectivity index is 1.31. The first-order valence-corrected chi connectivity index (χ1v) is 11.2. The molecule has 2 amide bonds. The van der Waals surface area contributed by atoms with Crippen molar-refractivity contribution in [2.24, 2.45) is 12.0 Å². The average Bonchev–Trinajstić information content (AvgIpc) is 3.26. The maximum atomic E-state index is 12.7. The third-order valence-corrected chi connectivity index (χ3v) is 6.03. The van der Waals surface area contributed by atoms with E-state index in [2.05, 4.69) is 15.4 Å². The van der Waals surface area contributed by atoms with Crippen LogP contribution in [0.4, 0.5) is 5.69 Å². The number of amides is 2. The zero-order chi connectivity index (χ0) is 22.5.